The smallest absolute Gasteiger partial charge is 0.319 e. The minimum atomic E-state index is -3.81. The molecule has 2 amide bonds. The Labute approximate surface area is 135 Å². The highest BCUT2D eigenvalue weighted by Gasteiger charge is 2.23. The van der Waals surface area contributed by atoms with Gasteiger partial charge in [-0.3, -0.25) is 0 Å². The van der Waals surface area contributed by atoms with E-state index in [-0.39, 0.29) is 17.0 Å². The second kappa shape index (κ2) is 6.47. The monoisotopic (exact) mass is 343 g/mol. The molecule has 0 bridgehead atoms. The molecule has 4 N–H and O–H groups in total. The number of rotatable bonds is 3. The third kappa shape index (κ3) is 4.15. The van der Waals surface area contributed by atoms with Crippen LogP contribution in [-0.2, 0) is 10.0 Å². The minimum absolute atomic E-state index is 0.00376. The summed E-state index contributed by atoms with van der Waals surface area (Å²) >= 11 is 1.83. The number of nitrogens with one attached hydrogen (secondary N) is 2. The maximum absolute atomic E-state index is 12.1. The molecule has 0 radical (unpaired) electrons. The van der Waals surface area contributed by atoms with Crippen molar-refractivity contribution in [3.05, 3.63) is 23.3 Å². The van der Waals surface area contributed by atoms with Gasteiger partial charge >= 0.3 is 6.03 Å². The van der Waals surface area contributed by atoms with Crippen LogP contribution in [0.4, 0.5) is 10.5 Å². The Kier molecular flexibility index (Phi) is 5.03. The molecule has 0 aliphatic carbocycles. The van der Waals surface area contributed by atoms with Crippen molar-refractivity contribution in [2.45, 2.75) is 43.4 Å². The maximum Gasteiger partial charge on any atom is 0.319 e. The van der Waals surface area contributed by atoms with Gasteiger partial charge in [0, 0.05) is 22.7 Å². The Balaban J connectivity index is 2.15. The molecule has 0 saturated carbocycles. The molecule has 1 aliphatic heterocycles. The summed E-state index contributed by atoms with van der Waals surface area (Å²) in [4.78, 5) is 12.1. The first-order valence-corrected chi connectivity index (χ1v) is 9.59. The molecule has 0 aromatic heterocycles. The van der Waals surface area contributed by atoms with Crippen LogP contribution in [0.3, 0.4) is 0 Å². The molecule has 1 aromatic carbocycles. The van der Waals surface area contributed by atoms with Crippen LogP contribution in [-0.4, -0.2) is 31.5 Å². The van der Waals surface area contributed by atoms with Gasteiger partial charge in [0.05, 0.1) is 4.90 Å². The summed E-state index contributed by atoms with van der Waals surface area (Å²) in [7, 11) is -3.81. The third-order valence-electron chi connectivity index (χ3n) is 3.75. The molecular formula is C14H21N3O3S2. The van der Waals surface area contributed by atoms with Crippen molar-refractivity contribution >= 4 is 33.5 Å². The Bertz CT molecular complexity index is 689. The molecule has 1 fully saturated rings. The highest BCUT2D eigenvalue weighted by Crippen LogP contribution is 2.26. The van der Waals surface area contributed by atoms with Gasteiger partial charge in [-0.25, -0.2) is 18.4 Å². The van der Waals surface area contributed by atoms with Crippen LogP contribution in [0.25, 0.3) is 0 Å². The lowest BCUT2D eigenvalue weighted by molar-refractivity contribution is 0.249. The second-order valence-corrected chi connectivity index (χ2v) is 8.67. The van der Waals surface area contributed by atoms with Crippen LogP contribution in [0, 0.1) is 13.8 Å². The van der Waals surface area contributed by atoms with Gasteiger partial charge in [0.2, 0.25) is 10.0 Å². The number of hydrogen-bond acceptors (Lipinski definition) is 4. The lowest BCUT2D eigenvalue weighted by Crippen LogP contribution is -2.38. The highest BCUT2D eigenvalue weighted by atomic mass is 32.2. The molecule has 2 atom stereocenters. The molecule has 1 saturated heterocycles. The van der Waals surface area contributed by atoms with E-state index >= 15 is 0 Å². The topological polar surface area (TPSA) is 101 Å². The predicted molar refractivity (Wildman–Crippen MR) is 89.8 cm³/mol. The molecule has 22 heavy (non-hydrogen) atoms. The predicted octanol–water partition coefficient (Wildman–Crippen LogP) is 1.97. The first-order valence-electron chi connectivity index (χ1n) is 7.00. The summed E-state index contributed by atoms with van der Waals surface area (Å²) in [6.07, 6.45) is 0.938. The van der Waals surface area contributed by atoms with Gasteiger partial charge in [0.15, 0.2) is 0 Å². The van der Waals surface area contributed by atoms with E-state index in [4.69, 9.17) is 5.14 Å². The van der Waals surface area contributed by atoms with Crippen LogP contribution < -0.4 is 15.8 Å². The van der Waals surface area contributed by atoms with Crippen LogP contribution >= 0.6 is 11.8 Å². The lowest BCUT2D eigenvalue weighted by Gasteiger charge is -2.16. The number of hydrogen-bond donors (Lipinski definition) is 3. The fourth-order valence-corrected chi connectivity index (χ4v) is 4.15. The van der Waals surface area contributed by atoms with Gasteiger partial charge in [-0.1, -0.05) is 6.92 Å². The number of nitrogens with two attached hydrogens (primary N) is 1. The number of amides is 2. The zero-order valence-electron chi connectivity index (χ0n) is 12.8. The molecule has 8 heteroatoms. The standard InChI is InChI=1S/C14H21N3O3S2/c1-8-4-12(22(15,19)20)6-13(10(8)3)17-14(18)16-11-5-9(2)21-7-11/h4,6,9,11H,5,7H2,1-3H3,(H2,15,19,20)(H2,16,17,18). The van der Waals surface area contributed by atoms with Crippen molar-refractivity contribution in [2.75, 3.05) is 11.1 Å². The van der Waals surface area contributed by atoms with Crippen molar-refractivity contribution in [2.24, 2.45) is 5.14 Å². The van der Waals surface area contributed by atoms with Gasteiger partial charge in [0.1, 0.15) is 0 Å². The number of thioether (sulfide) groups is 1. The number of primary sulfonamides is 1. The summed E-state index contributed by atoms with van der Waals surface area (Å²) < 4.78 is 23.0. The summed E-state index contributed by atoms with van der Waals surface area (Å²) in [5.41, 5.74) is 2.03. The van der Waals surface area contributed by atoms with Crippen LogP contribution in [0.2, 0.25) is 0 Å². The second-order valence-electron chi connectivity index (χ2n) is 5.63. The quantitative estimate of drug-likeness (QED) is 0.781. The van der Waals surface area contributed by atoms with E-state index in [1.54, 1.807) is 6.92 Å². The average molecular weight is 343 g/mol. The van der Waals surface area contributed by atoms with E-state index in [2.05, 4.69) is 17.6 Å². The first kappa shape index (κ1) is 17.1. The Hall–Kier alpha value is -1.25. The Morgan fingerprint density at radius 1 is 1.36 bits per heavy atom. The van der Waals surface area contributed by atoms with Gasteiger partial charge in [0.25, 0.3) is 0 Å². The number of carbonyl (C=O) groups is 1. The molecule has 1 aliphatic rings. The molecule has 6 nitrogen and oxygen atoms in total. The molecule has 2 rings (SSSR count). The van der Waals surface area contributed by atoms with Crippen LogP contribution in [0.15, 0.2) is 17.0 Å². The van der Waals surface area contributed by atoms with E-state index in [9.17, 15) is 13.2 Å². The molecule has 1 heterocycles. The molecule has 1 aromatic rings. The fourth-order valence-electron chi connectivity index (χ4n) is 2.38. The number of urea groups is 1. The van der Waals surface area contributed by atoms with Gasteiger partial charge < -0.3 is 10.6 Å². The Morgan fingerprint density at radius 2 is 2.05 bits per heavy atom. The summed E-state index contributed by atoms with van der Waals surface area (Å²) in [6, 6.07) is 2.71. The molecule has 2 unspecified atom stereocenters. The van der Waals surface area contributed by atoms with E-state index in [1.165, 1.54) is 12.1 Å². The minimum Gasteiger partial charge on any atom is -0.334 e. The normalized spacial score (nSPS) is 21.6. The van der Waals surface area contributed by atoms with Crippen molar-refractivity contribution in [3.63, 3.8) is 0 Å². The van der Waals surface area contributed by atoms with Gasteiger partial charge in [-0.05, 0) is 43.5 Å². The maximum atomic E-state index is 12.1. The number of aryl methyl sites for hydroxylation is 1. The van der Waals surface area contributed by atoms with E-state index in [1.807, 2.05) is 18.7 Å². The van der Waals surface area contributed by atoms with Crippen molar-refractivity contribution in [1.82, 2.24) is 5.32 Å². The number of benzene rings is 1. The molecule has 0 spiro atoms. The number of carbonyl (C=O) groups excluding carboxylic acids is 1. The fraction of sp³-hybridized carbons (Fsp3) is 0.500. The average Bonchev–Trinajstić information content (AvgIpc) is 2.78. The van der Waals surface area contributed by atoms with Crippen molar-refractivity contribution in [1.29, 1.82) is 0 Å². The Morgan fingerprint density at radius 3 is 2.59 bits per heavy atom. The highest BCUT2D eigenvalue weighted by molar-refractivity contribution is 8.00. The number of anilines is 1. The first-order chi connectivity index (χ1) is 10.2. The van der Waals surface area contributed by atoms with E-state index in [0.29, 0.717) is 10.9 Å². The van der Waals surface area contributed by atoms with Crippen molar-refractivity contribution in [3.8, 4) is 0 Å². The van der Waals surface area contributed by atoms with Gasteiger partial charge in [-0.15, -0.1) is 0 Å². The van der Waals surface area contributed by atoms with Crippen LogP contribution in [0.5, 0.6) is 0 Å². The zero-order chi connectivity index (χ0) is 16.5. The molecular weight excluding hydrogens is 322 g/mol. The summed E-state index contributed by atoms with van der Waals surface area (Å²) in [5.74, 6) is 0.893. The SMILES string of the molecule is Cc1cc(S(N)(=O)=O)cc(NC(=O)NC2CSC(C)C2)c1C. The largest absolute Gasteiger partial charge is 0.334 e. The summed E-state index contributed by atoms with van der Waals surface area (Å²) in [6.45, 7) is 5.74. The van der Waals surface area contributed by atoms with E-state index < -0.39 is 10.0 Å². The van der Waals surface area contributed by atoms with Gasteiger partial charge in [-0.2, -0.15) is 11.8 Å². The number of sulfonamides is 1. The summed E-state index contributed by atoms with van der Waals surface area (Å²) in [5, 5.41) is 11.3. The lowest BCUT2D eigenvalue weighted by atomic mass is 10.1. The van der Waals surface area contributed by atoms with Crippen LogP contribution in [0.1, 0.15) is 24.5 Å². The zero-order valence-corrected chi connectivity index (χ0v) is 14.5. The van der Waals surface area contributed by atoms with E-state index in [0.717, 1.165) is 23.3 Å². The third-order valence-corrected chi connectivity index (χ3v) is 6.00. The van der Waals surface area contributed by atoms with Crippen molar-refractivity contribution < 1.29 is 13.2 Å². The molecule has 122 valence electrons.